The number of hydrogen-bond donors (Lipinski definition) is 5. The second kappa shape index (κ2) is 17.8. The summed E-state index contributed by atoms with van der Waals surface area (Å²) in [6, 6.07) is 0. The molecule has 0 fully saturated rings. The third-order valence-electron chi connectivity index (χ3n) is 2.98. The summed E-state index contributed by atoms with van der Waals surface area (Å²) in [5, 5.41) is 18.8. The van der Waals surface area contributed by atoms with Gasteiger partial charge in [0.1, 0.15) is 0 Å². The first-order chi connectivity index (χ1) is 9.41. The van der Waals surface area contributed by atoms with Crippen LogP contribution in [0.3, 0.4) is 0 Å². The molecule has 0 aromatic carbocycles. The van der Waals surface area contributed by atoms with Gasteiger partial charge in [-0.15, -0.1) is 0 Å². The van der Waals surface area contributed by atoms with Crippen LogP contribution < -0.4 is 21.7 Å². The number of aliphatic hydroxyl groups is 1. The Morgan fingerprint density at radius 3 is 1.47 bits per heavy atom. The van der Waals surface area contributed by atoms with E-state index in [1.54, 1.807) is 0 Å². The Bertz CT molecular complexity index is 142. The molecule has 0 radical (unpaired) electrons. The van der Waals surface area contributed by atoms with Crippen molar-refractivity contribution in [1.29, 1.82) is 0 Å². The highest BCUT2D eigenvalue weighted by molar-refractivity contribution is 4.54. The van der Waals surface area contributed by atoms with Crippen LogP contribution >= 0.6 is 0 Å². The first-order valence-corrected chi connectivity index (χ1v) is 7.85. The molecule has 0 spiro atoms. The Labute approximate surface area is 118 Å². The van der Waals surface area contributed by atoms with Gasteiger partial charge in [-0.05, 0) is 84.3 Å². The maximum absolute atomic E-state index is 8.62. The van der Waals surface area contributed by atoms with Gasteiger partial charge >= 0.3 is 0 Å². The minimum absolute atomic E-state index is 0.310. The van der Waals surface area contributed by atoms with Crippen molar-refractivity contribution in [2.45, 2.75) is 38.5 Å². The summed E-state index contributed by atoms with van der Waals surface area (Å²) in [5.74, 6) is 0. The average Bonchev–Trinajstić information content (AvgIpc) is 2.43. The molecule has 0 amide bonds. The summed E-state index contributed by atoms with van der Waals surface area (Å²) >= 11 is 0. The Morgan fingerprint density at radius 1 is 0.579 bits per heavy atom. The van der Waals surface area contributed by atoms with Gasteiger partial charge in [0.05, 0.1) is 0 Å². The molecule has 19 heavy (non-hydrogen) atoms. The van der Waals surface area contributed by atoms with Gasteiger partial charge in [-0.25, -0.2) is 0 Å². The minimum Gasteiger partial charge on any atom is -0.396 e. The van der Waals surface area contributed by atoms with Gasteiger partial charge in [-0.3, -0.25) is 0 Å². The molecule has 0 atom stereocenters. The van der Waals surface area contributed by atoms with E-state index in [1.165, 1.54) is 19.3 Å². The highest BCUT2D eigenvalue weighted by Gasteiger charge is 1.91. The molecular weight excluding hydrogens is 240 g/mol. The summed E-state index contributed by atoms with van der Waals surface area (Å²) in [5.41, 5.74) is 5.42. The molecular formula is C14H34N4O. The fourth-order valence-electron chi connectivity index (χ4n) is 1.80. The third-order valence-corrected chi connectivity index (χ3v) is 2.98. The Balaban J connectivity index is 2.88. The van der Waals surface area contributed by atoms with Gasteiger partial charge in [-0.2, -0.15) is 0 Å². The largest absolute Gasteiger partial charge is 0.396 e. The van der Waals surface area contributed by atoms with Gasteiger partial charge in [0, 0.05) is 6.61 Å². The van der Waals surface area contributed by atoms with Crippen LogP contribution in [0, 0.1) is 0 Å². The average molecular weight is 274 g/mol. The van der Waals surface area contributed by atoms with Crippen LogP contribution in [-0.4, -0.2) is 57.5 Å². The van der Waals surface area contributed by atoms with Crippen LogP contribution in [0.25, 0.3) is 0 Å². The lowest BCUT2D eigenvalue weighted by Gasteiger charge is -2.07. The highest BCUT2D eigenvalue weighted by atomic mass is 16.2. The molecule has 0 bridgehead atoms. The Hall–Kier alpha value is -0.200. The summed E-state index contributed by atoms with van der Waals surface area (Å²) in [6.45, 7) is 7.54. The number of hydrogen-bond acceptors (Lipinski definition) is 5. The standard InChI is InChI=1S/C14H34N4O/c15-7-5-11-16-8-1-2-9-17-12-6-13-18-10-3-4-14-19/h16-19H,1-15H2. The Kier molecular flexibility index (Phi) is 17.6. The first-order valence-electron chi connectivity index (χ1n) is 7.85. The van der Waals surface area contributed by atoms with E-state index in [-0.39, 0.29) is 0 Å². The van der Waals surface area contributed by atoms with Gasteiger partial charge in [-0.1, -0.05) is 0 Å². The van der Waals surface area contributed by atoms with Crippen LogP contribution in [0.15, 0.2) is 0 Å². The third kappa shape index (κ3) is 17.8. The lowest BCUT2D eigenvalue weighted by atomic mass is 10.3. The molecule has 0 aromatic heterocycles. The van der Waals surface area contributed by atoms with E-state index >= 15 is 0 Å². The summed E-state index contributed by atoms with van der Waals surface area (Å²) in [4.78, 5) is 0. The zero-order valence-electron chi connectivity index (χ0n) is 12.4. The molecule has 0 aliphatic rings. The van der Waals surface area contributed by atoms with E-state index in [0.717, 1.165) is 65.1 Å². The number of unbranched alkanes of at least 4 members (excludes halogenated alkanes) is 2. The van der Waals surface area contributed by atoms with Gasteiger partial charge in [0.15, 0.2) is 0 Å². The molecule has 0 unspecified atom stereocenters. The maximum Gasteiger partial charge on any atom is 0.0431 e. The van der Waals surface area contributed by atoms with Crippen molar-refractivity contribution in [3.8, 4) is 0 Å². The molecule has 0 aliphatic carbocycles. The number of aliphatic hydroxyl groups excluding tert-OH is 1. The van der Waals surface area contributed by atoms with Crippen LogP contribution in [0.5, 0.6) is 0 Å². The number of nitrogens with one attached hydrogen (secondary N) is 3. The molecule has 0 heterocycles. The van der Waals surface area contributed by atoms with E-state index in [2.05, 4.69) is 16.0 Å². The minimum atomic E-state index is 0.310. The molecule has 0 aromatic rings. The van der Waals surface area contributed by atoms with Crippen LogP contribution in [0.2, 0.25) is 0 Å². The maximum atomic E-state index is 8.62. The summed E-state index contributed by atoms with van der Waals surface area (Å²) in [7, 11) is 0. The molecule has 6 N–H and O–H groups in total. The van der Waals surface area contributed by atoms with Crippen LogP contribution in [-0.2, 0) is 0 Å². The summed E-state index contributed by atoms with van der Waals surface area (Å²) in [6.07, 6.45) is 6.69. The van der Waals surface area contributed by atoms with Gasteiger partial charge in [0.25, 0.3) is 0 Å². The van der Waals surface area contributed by atoms with E-state index in [9.17, 15) is 0 Å². The Morgan fingerprint density at radius 2 is 1.00 bits per heavy atom. The molecule has 0 saturated heterocycles. The molecule has 116 valence electrons. The van der Waals surface area contributed by atoms with Gasteiger partial charge in [0.2, 0.25) is 0 Å². The second-order valence-corrected chi connectivity index (χ2v) is 4.88. The van der Waals surface area contributed by atoms with E-state index in [0.29, 0.717) is 6.61 Å². The predicted octanol–water partition coefficient (Wildman–Crippen LogP) is 0.0468. The molecule has 0 saturated carbocycles. The second-order valence-electron chi connectivity index (χ2n) is 4.88. The zero-order valence-corrected chi connectivity index (χ0v) is 12.4. The number of rotatable bonds is 16. The zero-order chi connectivity index (χ0) is 14.0. The lowest BCUT2D eigenvalue weighted by molar-refractivity contribution is 0.283. The number of nitrogens with two attached hydrogens (primary N) is 1. The molecule has 0 aliphatic heterocycles. The van der Waals surface area contributed by atoms with Crippen molar-refractivity contribution >= 4 is 0 Å². The van der Waals surface area contributed by atoms with Crippen molar-refractivity contribution in [1.82, 2.24) is 16.0 Å². The fourth-order valence-corrected chi connectivity index (χ4v) is 1.80. The van der Waals surface area contributed by atoms with Crippen LogP contribution in [0.1, 0.15) is 38.5 Å². The van der Waals surface area contributed by atoms with Crippen molar-refractivity contribution in [2.75, 3.05) is 52.4 Å². The highest BCUT2D eigenvalue weighted by Crippen LogP contribution is 1.86. The van der Waals surface area contributed by atoms with Gasteiger partial charge < -0.3 is 26.8 Å². The van der Waals surface area contributed by atoms with Crippen molar-refractivity contribution in [3.63, 3.8) is 0 Å². The van der Waals surface area contributed by atoms with Crippen molar-refractivity contribution < 1.29 is 5.11 Å². The molecule has 5 nitrogen and oxygen atoms in total. The van der Waals surface area contributed by atoms with E-state index in [1.807, 2.05) is 0 Å². The molecule has 5 heteroatoms. The quantitative estimate of drug-likeness (QED) is 0.257. The normalized spacial score (nSPS) is 11.1. The topological polar surface area (TPSA) is 82.3 Å². The fraction of sp³-hybridized carbons (Fsp3) is 1.00. The SMILES string of the molecule is NCCCNCCCCNCCCNCCCCO. The van der Waals surface area contributed by atoms with Crippen molar-refractivity contribution in [2.24, 2.45) is 5.73 Å². The van der Waals surface area contributed by atoms with E-state index < -0.39 is 0 Å². The smallest absolute Gasteiger partial charge is 0.0431 e. The lowest BCUT2D eigenvalue weighted by Crippen LogP contribution is -2.24. The first kappa shape index (κ1) is 18.8. The van der Waals surface area contributed by atoms with E-state index in [4.69, 9.17) is 10.8 Å². The van der Waals surface area contributed by atoms with Crippen molar-refractivity contribution in [3.05, 3.63) is 0 Å². The van der Waals surface area contributed by atoms with Crippen LogP contribution in [0.4, 0.5) is 0 Å². The predicted molar refractivity (Wildman–Crippen MR) is 82.5 cm³/mol. The summed E-state index contributed by atoms with van der Waals surface area (Å²) < 4.78 is 0. The molecule has 0 rings (SSSR count). The monoisotopic (exact) mass is 274 g/mol.